The molecule has 3 heterocycles. The molecule has 0 aliphatic carbocycles. The van der Waals surface area contributed by atoms with Crippen molar-refractivity contribution in [1.82, 2.24) is 26.2 Å². The third kappa shape index (κ3) is 10.2. The van der Waals surface area contributed by atoms with E-state index in [0.717, 1.165) is 5.56 Å². The van der Waals surface area contributed by atoms with Gasteiger partial charge in [0.15, 0.2) is 0 Å². The highest BCUT2D eigenvalue weighted by Crippen LogP contribution is 2.24. The number of phenolic OH excluding ortho intramolecular Hbond substituents is 1. The molecule has 12 heteroatoms. The second-order valence-electron chi connectivity index (χ2n) is 13.5. The average molecular weight is 642 g/mol. The Bertz CT molecular complexity index is 1220. The predicted octanol–water partition coefficient (Wildman–Crippen LogP) is 1.79. The van der Waals surface area contributed by atoms with Crippen molar-refractivity contribution in [3.63, 3.8) is 0 Å². The number of ether oxygens (including phenoxy) is 1. The van der Waals surface area contributed by atoms with Gasteiger partial charge in [-0.1, -0.05) is 32.9 Å². The van der Waals surface area contributed by atoms with Crippen LogP contribution in [0.1, 0.15) is 77.7 Å². The molecule has 5 N–H and O–H groups in total. The number of hydrogen-bond donors (Lipinski definition) is 5. The van der Waals surface area contributed by atoms with Crippen LogP contribution in [0.3, 0.4) is 0 Å². The zero-order valence-electron chi connectivity index (χ0n) is 27.4. The summed E-state index contributed by atoms with van der Waals surface area (Å²) in [4.78, 5) is 68.1. The van der Waals surface area contributed by atoms with Gasteiger partial charge >= 0.3 is 0 Å². The maximum Gasteiger partial charge on any atom is 0.243 e. The largest absolute Gasteiger partial charge is 0.508 e. The van der Waals surface area contributed by atoms with Crippen molar-refractivity contribution >= 4 is 29.5 Å². The number of amides is 5. The molecule has 12 nitrogen and oxygen atoms in total. The monoisotopic (exact) mass is 641 g/mol. The Labute approximate surface area is 271 Å². The van der Waals surface area contributed by atoms with E-state index in [1.807, 2.05) is 20.8 Å². The van der Waals surface area contributed by atoms with Crippen LogP contribution in [0.15, 0.2) is 24.3 Å². The number of carbonyl (C=O) groups is 5. The molecule has 3 aliphatic rings. The molecular weight excluding hydrogens is 590 g/mol. The Morgan fingerprint density at radius 1 is 1.02 bits per heavy atom. The van der Waals surface area contributed by atoms with Gasteiger partial charge in [0.2, 0.25) is 29.5 Å². The van der Waals surface area contributed by atoms with Crippen LogP contribution in [-0.2, 0) is 35.1 Å². The number of phenols is 1. The van der Waals surface area contributed by atoms with Gasteiger partial charge in [0, 0.05) is 63.6 Å². The van der Waals surface area contributed by atoms with E-state index < -0.39 is 12.1 Å². The highest BCUT2D eigenvalue weighted by molar-refractivity contribution is 5.90. The average Bonchev–Trinajstić information content (AvgIpc) is 3.45. The second kappa shape index (κ2) is 16.8. The van der Waals surface area contributed by atoms with Gasteiger partial charge in [-0.3, -0.25) is 24.0 Å². The molecule has 1 aromatic carbocycles. The van der Waals surface area contributed by atoms with E-state index in [1.165, 1.54) is 0 Å². The first kappa shape index (κ1) is 35.2. The fraction of sp³-hybridized carbons (Fsp3) is 0.676. The molecule has 4 rings (SSSR count). The molecule has 0 unspecified atom stereocenters. The van der Waals surface area contributed by atoms with Crippen molar-refractivity contribution < 1.29 is 33.8 Å². The normalized spacial score (nSPS) is 28.0. The summed E-state index contributed by atoms with van der Waals surface area (Å²) in [5.41, 5.74) is 0.790. The molecule has 5 atom stereocenters. The second-order valence-corrected chi connectivity index (χ2v) is 13.5. The molecule has 1 aromatic rings. The number of nitrogens with zero attached hydrogens (tertiary/aromatic N) is 1. The summed E-state index contributed by atoms with van der Waals surface area (Å²) >= 11 is 0. The maximum absolute atomic E-state index is 13.7. The molecule has 5 amide bonds. The van der Waals surface area contributed by atoms with Gasteiger partial charge in [-0.05, 0) is 68.1 Å². The van der Waals surface area contributed by atoms with Crippen molar-refractivity contribution in [2.24, 2.45) is 17.8 Å². The number of nitrogens with one attached hydrogen (secondary N) is 4. The highest BCUT2D eigenvalue weighted by Gasteiger charge is 2.41. The number of carbonyl (C=O) groups excluding carboxylic acids is 5. The van der Waals surface area contributed by atoms with Crippen LogP contribution in [0.25, 0.3) is 0 Å². The molecule has 3 aliphatic heterocycles. The fourth-order valence-corrected chi connectivity index (χ4v) is 6.53. The van der Waals surface area contributed by atoms with E-state index in [4.69, 9.17) is 4.74 Å². The predicted molar refractivity (Wildman–Crippen MR) is 171 cm³/mol. The van der Waals surface area contributed by atoms with Gasteiger partial charge in [-0.2, -0.15) is 0 Å². The Hall–Kier alpha value is -3.67. The van der Waals surface area contributed by atoms with Crippen LogP contribution in [0.5, 0.6) is 5.75 Å². The summed E-state index contributed by atoms with van der Waals surface area (Å²) in [6, 6.07) is 4.50. The molecule has 3 saturated heterocycles. The van der Waals surface area contributed by atoms with E-state index in [0.29, 0.717) is 51.7 Å². The molecule has 254 valence electrons. The lowest BCUT2D eigenvalue weighted by Gasteiger charge is -2.29. The first-order chi connectivity index (χ1) is 22.0. The summed E-state index contributed by atoms with van der Waals surface area (Å²) in [7, 11) is 0. The summed E-state index contributed by atoms with van der Waals surface area (Å²) in [6.45, 7) is 7.62. The van der Waals surface area contributed by atoms with Crippen molar-refractivity contribution in [3.8, 4) is 5.75 Å². The van der Waals surface area contributed by atoms with E-state index in [2.05, 4.69) is 21.3 Å². The highest BCUT2D eigenvalue weighted by atomic mass is 16.5. The van der Waals surface area contributed by atoms with Crippen LogP contribution in [0.2, 0.25) is 0 Å². The molecule has 0 aromatic heterocycles. The lowest BCUT2D eigenvalue weighted by molar-refractivity contribution is -0.139. The van der Waals surface area contributed by atoms with Gasteiger partial charge in [-0.15, -0.1) is 0 Å². The van der Waals surface area contributed by atoms with Crippen molar-refractivity contribution in [1.29, 1.82) is 0 Å². The van der Waals surface area contributed by atoms with E-state index in [-0.39, 0.29) is 97.5 Å². The number of hydrogen-bond acceptors (Lipinski definition) is 7. The van der Waals surface area contributed by atoms with Crippen LogP contribution in [0, 0.1) is 17.8 Å². The lowest BCUT2D eigenvalue weighted by Crippen LogP contribution is -2.50. The Morgan fingerprint density at radius 2 is 1.74 bits per heavy atom. The Balaban J connectivity index is 1.48. The molecular formula is C34H51N5O7. The Morgan fingerprint density at radius 3 is 2.43 bits per heavy atom. The fourth-order valence-electron chi connectivity index (χ4n) is 6.53. The molecule has 0 radical (unpaired) electrons. The number of benzene rings is 1. The van der Waals surface area contributed by atoms with Crippen LogP contribution in [-0.4, -0.2) is 90.0 Å². The molecule has 0 bridgehead atoms. The van der Waals surface area contributed by atoms with E-state index >= 15 is 0 Å². The van der Waals surface area contributed by atoms with Crippen molar-refractivity contribution in [3.05, 3.63) is 29.8 Å². The van der Waals surface area contributed by atoms with Gasteiger partial charge in [0.25, 0.3) is 0 Å². The third-order valence-corrected chi connectivity index (χ3v) is 9.39. The third-order valence-electron chi connectivity index (χ3n) is 9.39. The quantitative estimate of drug-likeness (QED) is 0.327. The Kier molecular flexibility index (Phi) is 12.8. The van der Waals surface area contributed by atoms with Crippen molar-refractivity contribution in [2.75, 3.05) is 26.3 Å². The van der Waals surface area contributed by atoms with Crippen LogP contribution >= 0.6 is 0 Å². The maximum atomic E-state index is 13.7. The zero-order valence-corrected chi connectivity index (χ0v) is 27.4. The molecule has 0 spiro atoms. The molecule has 46 heavy (non-hydrogen) atoms. The minimum Gasteiger partial charge on any atom is -0.508 e. The molecule has 3 fully saturated rings. The van der Waals surface area contributed by atoms with Crippen LogP contribution < -0.4 is 21.3 Å². The van der Waals surface area contributed by atoms with E-state index in [9.17, 15) is 29.1 Å². The SMILES string of the molecule is CC(C)[C@@H]1CC[C@@H](C)CC(=O)N[C@@H](Cc2ccc(O)cc2)C(=O)NCCCC(=O)N2C[C@H](NC(=O)C3CCOCC3)C[C@H]2C(=O)N1. The number of rotatable bonds is 5. The number of fused-ring (bicyclic) bond motifs is 1. The minimum atomic E-state index is -0.815. The minimum absolute atomic E-state index is 0.00348. The van der Waals surface area contributed by atoms with Gasteiger partial charge in [-0.25, -0.2) is 0 Å². The number of aromatic hydroxyl groups is 1. The van der Waals surface area contributed by atoms with Gasteiger partial charge in [0.1, 0.15) is 17.8 Å². The summed E-state index contributed by atoms with van der Waals surface area (Å²) in [5, 5.41) is 21.7. The van der Waals surface area contributed by atoms with Crippen molar-refractivity contribution in [2.45, 2.75) is 103 Å². The van der Waals surface area contributed by atoms with E-state index in [1.54, 1.807) is 29.2 Å². The first-order valence-corrected chi connectivity index (χ1v) is 16.8. The summed E-state index contributed by atoms with van der Waals surface area (Å²) in [6.07, 6.45) is 3.93. The smallest absolute Gasteiger partial charge is 0.243 e. The molecule has 0 saturated carbocycles. The van der Waals surface area contributed by atoms with Crippen LogP contribution in [0.4, 0.5) is 0 Å². The van der Waals surface area contributed by atoms with Gasteiger partial charge < -0.3 is 36.0 Å². The first-order valence-electron chi connectivity index (χ1n) is 16.8. The summed E-state index contributed by atoms with van der Waals surface area (Å²) in [5.74, 6) is -0.969. The summed E-state index contributed by atoms with van der Waals surface area (Å²) < 4.78 is 5.39. The topological polar surface area (TPSA) is 166 Å². The lowest BCUT2D eigenvalue weighted by atomic mass is 9.92. The zero-order chi connectivity index (χ0) is 33.2. The van der Waals surface area contributed by atoms with Gasteiger partial charge in [0.05, 0.1) is 0 Å². The standard InChI is InChI=1S/C34H51N5O7/c1-21(2)27-11-6-22(3)17-30(41)37-28(18-23-7-9-26(40)10-8-23)33(44)35-14-4-5-31(42)39-20-25(19-29(39)34(45)38-27)36-32(43)24-12-15-46-16-13-24/h7-10,21-22,24-25,27-29,40H,4-6,11-20H2,1-3H3,(H,35,44)(H,36,43)(H,37,41)(H,38,45)/t22-,25-,27+,28+,29+/m1/s1.